The van der Waals surface area contributed by atoms with Crippen molar-refractivity contribution in [3.05, 3.63) is 59.2 Å². The summed E-state index contributed by atoms with van der Waals surface area (Å²) in [4.78, 5) is 16.3. The fourth-order valence-corrected chi connectivity index (χ4v) is 3.64. The van der Waals surface area contributed by atoms with Crippen molar-refractivity contribution in [2.24, 2.45) is 0 Å². The zero-order valence-corrected chi connectivity index (χ0v) is 15.2. The molecule has 0 atom stereocenters. The van der Waals surface area contributed by atoms with Gasteiger partial charge in [-0.05, 0) is 30.7 Å². The lowest BCUT2D eigenvalue weighted by Gasteiger charge is -2.32. The highest BCUT2D eigenvalue weighted by molar-refractivity contribution is 5.95. The second-order valence-electron chi connectivity index (χ2n) is 7.00. The molecule has 1 amide bonds. The summed E-state index contributed by atoms with van der Waals surface area (Å²) >= 11 is 0. The van der Waals surface area contributed by atoms with Crippen molar-refractivity contribution in [1.29, 1.82) is 0 Å². The first-order valence-electron chi connectivity index (χ1n) is 9.28. The Balaban J connectivity index is 1.37. The summed E-state index contributed by atoms with van der Waals surface area (Å²) in [6.07, 6.45) is 0. The van der Waals surface area contributed by atoms with Gasteiger partial charge in [-0.2, -0.15) is 0 Å². The smallest absolute Gasteiger partial charge is 0.254 e. The fraction of sp³-hybridized carbons (Fsp3) is 0.381. The van der Waals surface area contributed by atoms with E-state index in [1.807, 2.05) is 23.1 Å². The normalized spacial score (nSPS) is 17.2. The minimum Gasteiger partial charge on any atom is -0.486 e. The summed E-state index contributed by atoms with van der Waals surface area (Å²) in [5, 5.41) is 0. The van der Waals surface area contributed by atoms with Crippen molar-refractivity contribution in [3.8, 4) is 11.5 Å². The van der Waals surface area contributed by atoms with Gasteiger partial charge >= 0.3 is 0 Å². The van der Waals surface area contributed by atoms with Crippen LogP contribution >= 0.6 is 0 Å². The number of hydrogen-bond acceptors (Lipinski definition) is 3. The lowest BCUT2D eigenvalue weighted by atomic mass is 10.1. The maximum absolute atomic E-state index is 12.8. The summed E-state index contributed by atoms with van der Waals surface area (Å²) in [6, 6.07) is 14.0. The Kier molecular flexibility index (Phi) is 4.80. The van der Waals surface area contributed by atoms with Gasteiger partial charge in [0.15, 0.2) is 11.5 Å². The van der Waals surface area contributed by atoms with Crippen LogP contribution in [0.5, 0.6) is 11.5 Å². The molecule has 2 aromatic carbocycles. The average molecular weight is 353 g/mol. The van der Waals surface area contributed by atoms with E-state index in [-0.39, 0.29) is 5.91 Å². The Morgan fingerprint density at radius 1 is 1.04 bits per heavy atom. The van der Waals surface area contributed by atoms with Gasteiger partial charge in [0.2, 0.25) is 0 Å². The molecule has 0 bridgehead atoms. The highest BCUT2D eigenvalue weighted by atomic mass is 16.6. The predicted molar refractivity (Wildman–Crippen MR) is 98.9 cm³/mol. The molecule has 1 saturated heterocycles. The van der Waals surface area contributed by atoms with Crippen LogP contribution in [-0.2, 0) is 6.54 Å². The Morgan fingerprint density at radius 2 is 1.77 bits per heavy atom. The van der Waals surface area contributed by atoms with Crippen LogP contribution in [0.2, 0.25) is 0 Å². The third-order valence-corrected chi connectivity index (χ3v) is 5.25. The molecular weight excluding hydrogens is 328 g/mol. The van der Waals surface area contributed by atoms with Gasteiger partial charge in [-0.1, -0.05) is 24.3 Å². The number of nitrogens with zero attached hydrogens (tertiary/aromatic N) is 1. The summed E-state index contributed by atoms with van der Waals surface area (Å²) < 4.78 is 11.1. The van der Waals surface area contributed by atoms with Gasteiger partial charge in [0.25, 0.3) is 5.91 Å². The van der Waals surface area contributed by atoms with E-state index in [0.717, 1.165) is 38.5 Å². The molecule has 1 fully saturated rings. The van der Waals surface area contributed by atoms with Gasteiger partial charge in [0.1, 0.15) is 19.8 Å². The molecule has 0 spiro atoms. The number of nitrogens with one attached hydrogen (secondary N) is 1. The first kappa shape index (κ1) is 16.9. The van der Waals surface area contributed by atoms with E-state index in [4.69, 9.17) is 9.47 Å². The maximum Gasteiger partial charge on any atom is 0.254 e. The monoisotopic (exact) mass is 353 g/mol. The predicted octanol–water partition coefficient (Wildman–Crippen LogP) is 1.31. The molecule has 5 heteroatoms. The zero-order valence-electron chi connectivity index (χ0n) is 15.2. The first-order chi connectivity index (χ1) is 12.7. The third kappa shape index (κ3) is 3.53. The maximum atomic E-state index is 12.8. The van der Waals surface area contributed by atoms with Gasteiger partial charge in [-0.25, -0.2) is 0 Å². The van der Waals surface area contributed by atoms with Crippen LogP contribution in [0.4, 0.5) is 0 Å². The molecule has 1 N–H and O–H groups in total. The Labute approximate surface area is 154 Å². The standard InChI is InChI=1S/C21H24N2O3/c1-16-4-2-3-5-18(16)15-22-8-10-23(11-9-22)21(24)17-6-7-19-20(14-17)26-13-12-25-19/h2-7,14H,8-13,15H2,1H3/p+1. The van der Waals surface area contributed by atoms with Crippen molar-refractivity contribution in [3.63, 3.8) is 0 Å². The van der Waals surface area contributed by atoms with Crippen LogP contribution in [0.3, 0.4) is 0 Å². The van der Waals surface area contributed by atoms with Crippen LogP contribution in [-0.4, -0.2) is 50.2 Å². The van der Waals surface area contributed by atoms with Crippen LogP contribution in [0.1, 0.15) is 21.5 Å². The Morgan fingerprint density at radius 3 is 2.54 bits per heavy atom. The third-order valence-electron chi connectivity index (χ3n) is 5.25. The number of carbonyl (C=O) groups excluding carboxylic acids is 1. The van der Waals surface area contributed by atoms with Gasteiger partial charge in [-0.15, -0.1) is 0 Å². The fourth-order valence-electron chi connectivity index (χ4n) is 3.64. The second-order valence-corrected chi connectivity index (χ2v) is 7.00. The van der Waals surface area contributed by atoms with Crippen LogP contribution in [0.25, 0.3) is 0 Å². The molecule has 0 saturated carbocycles. The van der Waals surface area contributed by atoms with Gasteiger partial charge in [0, 0.05) is 11.1 Å². The van der Waals surface area contributed by atoms with E-state index >= 15 is 0 Å². The number of ether oxygens (including phenoxy) is 2. The highest BCUT2D eigenvalue weighted by Crippen LogP contribution is 2.31. The van der Waals surface area contributed by atoms with Crippen molar-refractivity contribution in [2.75, 3.05) is 39.4 Å². The molecule has 2 aromatic rings. The molecule has 0 aromatic heterocycles. The summed E-state index contributed by atoms with van der Waals surface area (Å²) in [5.74, 6) is 1.48. The van der Waals surface area contributed by atoms with Gasteiger partial charge < -0.3 is 19.3 Å². The quantitative estimate of drug-likeness (QED) is 0.905. The molecule has 0 unspecified atom stereocenters. The van der Waals surface area contributed by atoms with Gasteiger partial charge in [0.05, 0.1) is 26.2 Å². The molecule has 26 heavy (non-hydrogen) atoms. The minimum absolute atomic E-state index is 0.0805. The van der Waals surface area contributed by atoms with E-state index in [1.165, 1.54) is 16.0 Å². The molecule has 4 rings (SSSR count). The largest absolute Gasteiger partial charge is 0.486 e. The van der Waals surface area contributed by atoms with Crippen molar-refractivity contribution >= 4 is 5.91 Å². The van der Waals surface area contributed by atoms with Crippen LogP contribution in [0.15, 0.2) is 42.5 Å². The van der Waals surface area contributed by atoms with Crippen molar-refractivity contribution in [1.82, 2.24) is 4.90 Å². The number of amides is 1. The van der Waals surface area contributed by atoms with E-state index in [2.05, 4.69) is 31.2 Å². The highest BCUT2D eigenvalue weighted by Gasteiger charge is 2.26. The Bertz CT molecular complexity index is 798. The number of hydrogen-bond donors (Lipinski definition) is 1. The van der Waals surface area contributed by atoms with Crippen molar-refractivity contribution < 1.29 is 19.2 Å². The van der Waals surface area contributed by atoms with E-state index in [9.17, 15) is 4.79 Å². The molecule has 0 aliphatic carbocycles. The first-order valence-corrected chi connectivity index (χ1v) is 9.28. The van der Waals surface area contributed by atoms with Crippen molar-refractivity contribution in [2.45, 2.75) is 13.5 Å². The minimum atomic E-state index is 0.0805. The van der Waals surface area contributed by atoms with E-state index < -0.39 is 0 Å². The van der Waals surface area contributed by atoms with Crippen LogP contribution < -0.4 is 14.4 Å². The molecule has 2 aliphatic heterocycles. The molecule has 0 radical (unpaired) electrons. The number of rotatable bonds is 3. The number of benzene rings is 2. The number of piperazine rings is 1. The molecule has 5 nitrogen and oxygen atoms in total. The summed E-state index contributed by atoms with van der Waals surface area (Å²) in [6.45, 7) is 7.81. The summed E-state index contributed by atoms with van der Waals surface area (Å²) in [7, 11) is 0. The number of quaternary nitrogens is 1. The van der Waals surface area contributed by atoms with Gasteiger partial charge in [-0.3, -0.25) is 4.79 Å². The van der Waals surface area contributed by atoms with Crippen LogP contribution in [0, 0.1) is 6.92 Å². The molecular formula is C21H25N2O3+. The molecule has 136 valence electrons. The SMILES string of the molecule is Cc1ccccc1C[NH+]1CCN(C(=O)c2ccc3c(c2)OCCO3)CC1. The molecule has 2 heterocycles. The molecule has 2 aliphatic rings. The number of carbonyl (C=O) groups is 1. The Hall–Kier alpha value is -2.53. The second kappa shape index (κ2) is 7.38. The number of fused-ring (bicyclic) bond motifs is 1. The summed E-state index contributed by atoms with van der Waals surface area (Å²) in [5.41, 5.74) is 3.42. The van der Waals surface area contributed by atoms with E-state index in [1.54, 1.807) is 0 Å². The lowest BCUT2D eigenvalue weighted by molar-refractivity contribution is -0.917. The zero-order chi connectivity index (χ0) is 17.9. The topological polar surface area (TPSA) is 43.2 Å². The lowest BCUT2D eigenvalue weighted by Crippen LogP contribution is -3.13. The number of aryl methyl sites for hydroxylation is 1. The van der Waals surface area contributed by atoms with E-state index in [0.29, 0.717) is 24.5 Å². The average Bonchev–Trinajstić information content (AvgIpc) is 2.69.